The van der Waals surface area contributed by atoms with E-state index in [1.54, 1.807) is 0 Å². The molecule has 0 fully saturated rings. The Morgan fingerprint density at radius 1 is 1.09 bits per heavy atom. The number of carbonyl (C=O) groups is 1. The molecule has 23 heavy (non-hydrogen) atoms. The molecule has 4 heteroatoms. The molecule has 3 nitrogen and oxygen atoms in total. The van der Waals surface area contributed by atoms with E-state index >= 15 is 0 Å². The molecule has 1 aliphatic rings. The van der Waals surface area contributed by atoms with E-state index in [9.17, 15) is 4.79 Å². The Hall–Kier alpha value is -2.07. The number of hydrogen-bond donors (Lipinski definition) is 0. The molecule has 3 rings (SSSR count). The first-order valence-electron chi connectivity index (χ1n) is 7.63. The standard InChI is InChI=1S/C19H18BrNO2/c20-17-6-8-18(9-7-17)23-14-19(22)21-12-10-16(11-13-21)15-4-2-1-3-5-15/h1-10H,11-14H2. The van der Waals surface area contributed by atoms with Crippen molar-refractivity contribution in [3.63, 3.8) is 0 Å². The molecule has 0 saturated heterocycles. The second kappa shape index (κ2) is 7.47. The van der Waals surface area contributed by atoms with E-state index in [1.165, 1.54) is 11.1 Å². The molecule has 1 heterocycles. The van der Waals surface area contributed by atoms with Crippen LogP contribution in [0.15, 0.2) is 65.1 Å². The van der Waals surface area contributed by atoms with E-state index in [0.29, 0.717) is 12.3 Å². The van der Waals surface area contributed by atoms with Gasteiger partial charge in [-0.3, -0.25) is 4.79 Å². The van der Waals surface area contributed by atoms with Crippen molar-refractivity contribution in [2.75, 3.05) is 19.7 Å². The van der Waals surface area contributed by atoms with Crippen molar-refractivity contribution in [1.82, 2.24) is 4.90 Å². The smallest absolute Gasteiger partial charge is 0.260 e. The van der Waals surface area contributed by atoms with Crippen LogP contribution < -0.4 is 4.74 Å². The fraction of sp³-hybridized carbons (Fsp3) is 0.211. The monoisotopic (exact) mass is 371 g/mol. The first-order chi connectivity index (χ1) is 11.2. The number of ether oxygens (including phenoxy) is 1. The minimum atomic E-state index is 0.0243. The van der Waals surface area contributed by atoms with E-state index in [2.05, 4.69) is 34.1 Å². The molecule has 0 atom stereocenters. The van der Waals surface area contributed by atoms with Crippen LogP contribution in [0, 0.1) is 0 Å². The van der Waals surface area contributed by atoms with Crippen LogP contribution >= 0.6 is 15.9 Å². The molecule has 0 bridgehead atoms. The second-order valence-corrected chi connectivity index (χ2v) is 6.34. The lowest BCUT2D eigenvalue weighted by molar-refractivity contribution is -0.132. The molecule has 0 saturated carbocycles. The van der Waals surface area contributed by atoms with Crippen molar-refractivity contribution < 1.29 is 9.53 Å². The predicted octanol–water partition coefficient (Wildman–Crippen LogP) is 4.14. The maximum atomic E-state index is 12.2. The van der Waals surface area contributed by atoms with Crippen molar-refractivity contribution in [3.8, 4) is 5.75 Å². The summed E-state index contributed by atoms with van der Waals surface area (Å²) < 4.78 is 6.55. The highest BCUT2D eigenvalue weighted by atomic mass is 79.9. The first-order valence-corrected chi connectivity index (χ1v) is 8.42. The van der Waals surface area contributed by atoms with Gasteiger partial charge < -0.3 is 9.64 Å². The SMILES string of the molecule is O=C(COc1ccc(Br)cc1)N1CC=C(c2ccccc2)CC1. The van der Waals surface area contributed by atoms with Gasteiger partial charge in [-0.25, -0.2) is 0 Å². The highest BCUT2D eigenvalue weighted by Crippen LogP contribution is 2.22. The Kier molecular flexibility index (Phi) is 5.13. The maximum absolute atomic E-state index is 12.2. The van der Waals surface area contributed by atoms with Crippen LogP contribution in [0.1, 0.15) is 12.0 Å². The summed E-state index contributed by atoms with van der Waals surface area (Å²) in [5.74, 6) is 0.732. The third-order valence-corrected chi connectivity index (χ3v) is 4.41. The fourth-order valence-corrected chi connectivity index (χ4v) is 2.84. The Morgan fingerprint density at radius 2 is 1.83 bits per heavy atom. The summed E-state index contributed by atoms with van der Waals surface area (Å²) in [5.41, 5.74) is 2.55. The Labute approximate surface area is 144 Å². The van der Waals surface area contributed by atoms with Gasteiger partial charge in [0.05, 0.1) is 0 Å². The predicted molar refractivity (Wildman–Crippen MR) is 95.3 cm³/mol. The third-order valence-electron chi connectivity index (χ3n) is 3.88. The van der Waals surface area contributed by atoms with E-state index < -0.39 is 0 Å². The van der Waals surface area contributed by atoms with Crippen molar-refractivity contribution in [1.29, 1.82) is 0 Å². The van der Waals surface area contributed by atoms with Crippen molar-refractivity contribution in [2.24, 2.45) is 0 Å². The number of carbonyl (C=O) groups excluding carboxylic acids is 1. The van der Waals surface area contributed by atoms with Crippen LogP contribution in [0.2, 0.25) is 0 Å². The second-order valence-electron chi connectivity index (χ2n) is 5.43. The lowest BCUT2D eigenvalue weighted by Gasteiger charge is -2.26. The van der Waals surface area contributed by atoms with Gasteiger partial charge in [0.1, 0.15) is 5.75 Å². The average Bonchev–Trinajstić information content (AvgIpc) is 2.62. The van der Waals surface area contributed by atoms with Gasteiger partial charge in [-0.1, -0.05) is 52.3 Å². The molecule has 0 aliphatic carbocycles. The molecule has 118 valence electrons. The van der Waals surface area contributed by atoms with Crippen LogP contribution in [-0.2, 0) is 4.79 Å². The van der Waals surface area contributed by atoms with Gasteiger partial charge in [-0.2, -0.15) is 0 Å². The van der Waals surface area contributed by atoms with Gasteiger partial charge in [0.15, 0.2) is 6.61 Å². The molecule has 0 spiro atoms. The van der Waals surface area contributed by atoms with Crippen molar-refractivity contribution >= 4 is 27.4 Å². The number of hydrogen-bond acceptors (Lipinski definition) is 2. The molecule has 2 aromatic carbocycles. The summed E-state index contributed by atoms with van der Waals surface area (Å²) in [6, 6.07) is 17.8. The molecule has 0 unspecified atom stereocenters. The van der Waals surface area contributed by atoms with E-state index in [1.807, 2.05) is 47.4 Å². The maximum Gasteiger partial charge on any atom is 0.260 e. The zero-order chi connectivity index (χ0) is 16.1. The Balaban J connectivity index is 1.54. The summed E-state index contributed by atoms with van der Waals surface area (Å²) in [5, 5.41) is 0. The van der Waals surface area contributed by atoms with Crippen LogP contribution in [0.3, 0.4) is 0 Å². The summed E-state index contributed by atoms with van der Waals surface area (Å²) in [6.45, 7) is 1.46. The number of halogens is 1. The lowest BCUT2D eigenvalue weighted by Crippen LogP contribution is -2.37. The van der Waals surface area contributed by atoms with Gasteiger partial charge in [-0.05, 0) is 41.8 Å². The molecule has 1 aliphatic heterocycles. The number of rotatable bonds is 4. The quantitative estimate of drug-likeness (QED) is 0.807. The van der Waals surface area contributed by atoms with Crippen LogP contribution in [0.4, 0.5) is 0 Å². The molecule has 0 radical (unpaired) electrons. The lowest BCUT2D eigenvalue weighted by atomic mass is 10.00. The summed E-state index contributed by atoms with van der Waals surface area (Å²) in [4.78, 5) is 14.1. The molecular weight excluding hydrogens is 354 g/mol. The first kappa shape index (κ1) is 15.8. The van der Waals surface area contributed by atoms with E-state index in [4.69, 9.17) is 4.74 Å². The summed E-state index contributed by atoms with van der Waals surface area (Å²) in [7, 11) is 0. The molecule has 0 N–H and O–H groups in total. The van der Waals surface area contributed by atoms with E-state index in [0.717, 1.165) is 17.4 Å². The zero-order valence-corrected chi connectivity index (χ0v) is 14.3. The highest BCUT2D eigenvalue weighted by Gasteiger charge is 2.18. The van der Waals surface area contributed by atoms with Crippen molar-refractivity contribution in [3.05, 3.63) is 70.7 Å². The minimum Gasteiger partial charge on any atom is -0.484 e. The molecular formula is C19H18BrNO2. The largest absolute Gasteiger partial charge is 0.484 e. The highest BCUT2D eigenvalue weighted by molar-refractivity contribution is 9.10. The number of nitrogens with zero attached hydrogens (tertiary/aromatic N) is 1. The summed E-state index contributed by atoms with van der Waals surface area (Å²) in [6.07, 6.45) is 3.02. The fourth-order valence-electron chi connectivity index (χ4n) is 2.58. The minimum absolute atomic E-state index is 0.0243. The third kappa shape index (κ3) is 4.23. The molecule has 2 aromatic rings. The van der Waals surface area contributed by atoms with Gasteiger partial charge >= 0.3 is 0 Å². The molecule has 1 amide bonds. The number of benzene rings is 2. The van der Waals surface area contributed by atoms with E-state index in [-0.39, 0.29) is 12.5 Å². The zero-order valence-electron chi connectivity index (χ0n) is 12.7. The normalized spacial score (nSPS) is 14.3. The summed E-state index contributed by atoms with van der Waals surface area (Å²) >= 11 is 3.38. The Morgan fingerprint density at radius 3 is 2.48 bits per heavy atom. The van der Waals surface area contributed by atoms with Gasteiger partial charge in [0.2, 0.25) is 0 Å². The van der Waals surface area contributed by atoms with Gasteiger partial charge in [-0.15, -0.1) is 0 Å². The molecule has 0 aromatic heterocycles. The van der Waals surface area contributed by atoms with Crippen molar-refractivity contribution in [2.45, 2.75) is 6.42 Å². The van der Waals surface area contributed by atoms with Gasteiger partial charge in [0.25, 0.3) is 5.91 Å². The Bertz CT molecular complexity index is 695. The van der Waals surface area contributed by atoms with Gasteiger partial charge in [0, 0.05) is 17.6 Å². The number of amides is 1. The van der Waals surface area contributed by atoms with Crippen LogP contribution in [0.5, 0.6) is 5.75 Å². The van der Waals surface area contributed by atoms with Crippen LogP contribution in [0.25, 0.3) is 5.57 Å². The topological polar surface area (TPSA) is 29.5 Å². The average molecular weight is 372 g/mol. The van der Waals surface area contributed by atoms with Crippen LogP contribution in [-0.4, -0.2) is 30.5 Å².